The predicted octanol–water partition coefficient (Wildman–Crippen LogP) is 2.37. The van der Waals surface area contributed by atoms with Crippen molar-refractivity contribution in [2.45, 2.75) is 19.6 Å². The van der Waals surface area contributed by atoms with Gasteiger partial charge in [0.25, 0.3) is 0 Å². The molecule has 0 spiro atoms. The summed E-state index contributed by atoms with van der Waals surface area (Å²) in [7, 11) is -1.31. The molecule has 0 radical (unpaired) electrons. The first-order valence-corrected chi connectivity index (χ1v) is 7.91. The lowest BCUT2D eigenvalue weighted by atomic mass is 10.3. The Bertz CT molecular complexity index is 395. The van der Waals surface area contributed by atoms with E-state index in [1.165, 1.54) is 0 Å². The number of furan rings is 1. The van der Waals surface area contributed by atoms with Crippen LogP contribution >= 0.6 is 0 Å². The zero-order chi connectivity index (χ0) is 9.47. The molecule has 3 heteroatoms. The van der Waals surface area contributed by atoms with Gasteiger partial charge in [0.05, 0.1) is 5.38 Å². The number of pyridine rings is 1. The molecule has 2 aromatic heterocycles. The molecule has 0 aliphatic rings. The minimum atomic E-state index is -1.31. The standard InChI is InChI=1S/C10H13NOSi/c1-13(2,3)10-6-8-7-11-5-4-9(8)12-10/h4-7H,1-3H3. The van der Waals surface area contributed by atoms with Crippen molar-refractivity contribution < 1.29 is 4.42 Å². The quantitative estimate of drug-likeness (QED) is 0.647. The summed E-state index contributed by atoms with van der Waals surface area (Å²) in [6.45, 7) is 6.83. The van der Waals surface area contributed by atoms with Crippen LogP contribution in [0.5, 0.6) is 0 Å². The van der Waals surface area contributed by atoms with E-state index in [2.05, 4.69) is 30.7 Å². The number of rotatable bonds is 1. The number of aromatic nitrogens is 1. The fourth-order valence-corrected chi connectivity index (χ4v) is 2.26. The van der Waals surface area contributed by atoms with Gasteiger partial charge in [0.15, 0.2) is 0 Å². The molecule has 0 saturated carbocycles. The lowest BCUT2D eigenvalue weighted by molar-refractivity contribution is 0.648. The molecule has 13 heavy (non-hydrogen) atoms. The summed E-state index contributed by atoms with van der Waals surface area (Å²) in [5.41, 5.74) is 0.951. The monoisotopic (exact) mass is 191 g/mol. The van der Waals surface area contributed by atoms with Crippen LogP contribution in [0.25, 0.3) is 11.0 Å². The van der Waals surface area contributed by atoms with Crippen LogP contribution in [0.1, 0.15) is 0 Å². The summed E-state index contributed by atoms with van der Waals surface area (Å²) < 4.78 is 5.75. The van der Waals surface area contributed by atoms with E-state index in [0.29, 0.717) is 0 Å². The Labute approximate surface area is 78.6 Å². The normalized spacial score (nSPS) is 12.2. The zero-order valence-electron chi connectivity index (χ0n) is 8.16. The largest absolute Gasteiger partial charge is 0.466 e. The van der Waals surface area contributed by atoms with Crippen LogP contribution in [0.2, 0.25) is 19.6 Å². The maximum atomic E-state index is 5.75. The van der Waals surface area contributed by atoms with Crippen molar-refractivity contribution in [3.05, 3.63) is 24.5 Å². The first kappa shape index (κ1) is 8.50. The van der Waals surface area contributed by atoms with Crippen molar-refractivity contribution in [2.24, 2.45) is 0 Å². The molecule has 0 aliphatic heterocycles. The highest BCUT2D eigenvalue weighted by Gasteiger charge is 2.21. The van der Waals surface area contributed by atoms with E-state index >= 15 is 0 Å². The second kappa shape index (κ2) is 2.70. The highest BCUT2D eigenvalue weighted by atomic mass is 28.3. The minimum Gasteiger partial charge on any atom is -0.466 e. The number of hydrogen-bond acceptors (Lipinski definition) is 2. The average Bonchev–Trinajstić information content (AvgIpc) is 2.45. The first-order chi connectivity index (χ1) is 6.07. The predicted molar refractivity (Wildman–Crippen MR) is 57.0 cm³/mol. The Balaban J connectivity index is 2.63. The van der Waals surface area contributed by atoms with Gasteiger partial charge in [0.1, 0.15) is 13.7 Å². The molecule has 0 N–H and O–H groups in total. The zero-order valence-corrected chi connectivity index (χ0v) is 9.16. The Morgan fingerprint density at radius 2 is 2.08 bits per heavy atom. The number of hydrogen-bond donors (Lipinski definition) is 0. The van der Waals surface area contributed by atoms with E-state index < -0.39 is 8.07 Å². The SMILES string of the molecule is C[Si](C)(C)c1cc2cnccc2o1. The van der Waals surface area contributed by atoms with E-state index in [1.807, 2.05) is 12.3 Å². The van der Waals surface area contributed by atoms with Crippen molar-refractivity contribution in [3.63, 3.8) is 0 Å². The third-order valence-corrected chi connectivity index (χ3v) is 3.78. The Hall–Kier alpha value is -1.09. The van der Waals surface area contributed by atoms with Gasteiger partial charge >= 0.3 is 0 Å². The molecule has 2 nitrogen and oxygen atoms in total. The molecule has 0 fully saturated rings. The molecule has 2 aromatic rings. The van der Waals surface area contributed by atoms with Gasteiger partial charge in [0, 0.05) is 17.8 Å². The maximum absolute atomic E-state index is 5.75. The van der Waals surface area contributed by atoms with Crippen molar-refractivity contribution >= 4 is 24.4 Å². The van der Waals surface area contributed by atoms with Gasteiger partial charge in [-0.05, 0) is 12.1 Å². The van der Waals surface area contributed by atoms with Gasteiger partial charge in [-0.2, -0.15) is 0 Å². The van der Waals surface area contributed by atoms with E-state index in [4.69, 9.17) is 4.42 Å². The van der Waals surface area contributed by atoms with Crippen molar-refractivity contribution in [1.29, 1.82) is 0 Å². The molecule has 68 valence electrons. The second-order valence-corrected chi connectivity index (χ2v) is 9.27. The molecule has 0 bridgehead atoms. The van der Waals surface area contributed by atoms with Gasteiger partial charge in [-0.15, -0.1) is 0 Å². The average molecular weight is 191 g/mol. The minimum absolute atomic E-state index is 0.951. The van der Waals surface area contributed by atoms with E-state index in [9.17, 15) is 0 Å². The molecule has 2 heterocycles. The smallest absolute Gasteiger partial charge is 0.136 e. The Kier molecular flexibility index (Phi) is 1.77. The topological polar surface area (TPSA) is 26.0 Å². The molecule has 0 atom stereocenters. The van der Waals surface area contributed by atoms with Crippen molar-refractivity contribution in [2.75, 3.05) is 0 Å². The third-order valence-electron chi connectivity index (χ3n) is 2.06. The van der Waals surface area contributed by atoms with Crippen LogP contribution in [0.15, 0.2) is 28.9 Å². The summed E-state index contributed by atoms with van der Waals surface area (Å²) in [5.74, 6) is 0. The van der Waals surface area contributed by atoms with Gasteiger partial charge < -0.3 is 4.42 Å². The Morgan fingerprint density at radius 3 is 2.69 bits per heavy atom. The van der Waals surface area contributed by atoms with E-state index in [0.717, 1.165) is 16.4 Å². The van der Waals surface area contributed by atoms with Gasteiger partial charge in [-0.3, -0.25) is 4.98 Å². The summed E-state index contributed by atoms with van der Waals surface area (Å²) >= 11 is 0. The lowest BCUT2D eigenvalue weighted by Crippen LogP contribution is -2.36. The first-order valence-electron chi connectivity index (χ1n) is 4.41. The van der Waals surface area contributed by atoms with E-state index in [-0.39, 0.29) is 0 Å². The van der Waals surface area contributed by atoms with Gasteiger partial charge in [-0.1, -0.05) is 19.6 Å². The third kappa shape index (κ3) is 1.51. The molecule has 0 saturated heterocycles. The summed E-state index contributed by atoms with van der Waals surface area (Å²) in [6.07, 6.45) is 3.61. The Morgan fingerprint density at radius 1 is 1.31 bits per heavy atom. The number of fused-ring (bicyclic) bond motifs is 1. The highest BCUT2D eigenvalue weighted by Crippen LogP contribution is 2.14. The van der Waals surface area contributed by atoms with Crippen LogP contribution in [-0.4, -0.2) is 13.1 Å². The summed E-state index contributed by atoms with van der Waals surface area (Å²) in [5, 5.41) is 2.26. The summed E-state index contributed by atoms with van der Waals surface area (Å²) in [6, 6.07) is 4.04. The summed E-state index contributed by atoms with van der Waals surface area (Å²) in [4.78, 5) is 4.06. The molecule has 0 unspecified atom stereocenters. The molecule has 0 amide bonds. The van der Waals surface area contributed by atoms with Crippen molar-refractivity contribution in [3.8, 4) is 0 Å². The highest BCUT2D eigenvalue weighted by molar-refractivity contribution is 6.87. The fraction of sp³-hybridized carbons (Fsp3) is 0.300. The van der Waals surface area contributed by atoms with Crippen molar-refractivity contribution in [1.82, 2.24) is 4.98 Å². The molecule has 2 rings (SSSR count). The van der Waals surface area contributed by atoms with Crippen LogP contribution < -0.4 is 5.38 Å². The van der Waals surface area contributed by atoms with Crippen LogP contribution in [0.3, 0.4) is 0 Å². The van der Waals surface area contributed by atoms with Crippen LogP contribution in [0.4, 0.5) is 0 Å². The molecule has 0 aliphatic carbocycles. The lowest BCUT2D eigenvalue weighted by Gasteiger charge is -2.10. The molecular weight excluding hydrogens is 178 g/mol. The fourth-order valence-electron chi connectivity index (χ4n) is 1.25. The number of nitrogens with zero attached hydrogens (tertiary/aromatic N) is 1. The molecular formula is C10H13NOSi. The van der Waals surface area contributed by atoms with Crippen LogP contribution in [-0.2, 0) is 0 Å². The maximum Gasteiger partial charge on any atom is 0.136 e. The van der Waals surface area contributed by atoms with E-state index in [1.54, 1.807) is 6.20 Å². The molecule has 0 aromatic carbocycles. The van der Waals surface area contributed by atoms with Gasteiger partial charge in [0.2, 0.25) is 0 Å². The second-order valence-electron chi connectivity index (χ2n) is 4.27. The van der Waals surface area contributed by atoms with Crippen LogP contribution in [0, 0.1) is 0 Å². The van der Waals surface area contributed by atoms with Gasteiger partial charge in [-0.25, -0.2) is 0 Å².